The molecule has 1 atom stereocenters. The number of aromatic nitrogens is 3. The molecule has 4 aromatic rings. The van der Waals surface area contributed by atoms with Gasteiger partial charge in [0.25, 0.3) is 0 Å². The van der Waals surface area contributed by atoms with Gasteiger partial charge < -0.3 is 30.7 Å². The Balaban J connectivity index is 1.07. The van der Waals surface area contributed by atoms with Gasteiger partial charge in [-0.2, -0.15) is 13.2 Å². The van der Waals surface area contributed by atoms with Crippen molar-refractivity contribution in [3.05, 3.63) is 69.2 Å². The number of carbonyl (C=O) groups excluding carboxylic acids is 2. The topological polar surface area (TPSA) is 133 Å². The highest BCUT2D eigenvalue weighted by Gasteiger charge is 2.37. The molecule has 0 saturated carbocycles. The lowest BCUT2D eigenvalue weighted by molar-refractivity contribution is -0.137. The standard InChI is InChI=1S/C36H42ClF3N8O3/c37-27-19-22(18-26(31(27)41)36(38,39)40)20-29(33(49)46-14-8-23(9-15-46)45-12-4-1-5-13-45)43-34(50)47-16-10-24(11-17-47)48-30-21-42-28-7-3-2-6-25(28)32(30)44-35(48)51/h2-3,6-7,18-19,21,23-24,29H,1,4-5,8-17,20,41H2,(H,43,50)(H,44,51)/t29-/m1/s1. The van der Waals surface area contributed by atoms with Crippen LogP contribution in [0.5, 0.6) is 0 Å². The van der Waals surface area contributed by atoms with Crippen LogP contribution in [0.4, 0.5) is 23.7 Å². The van der Waals surface area contributed by atoms with E-state index < -0.39 is 29.5 Å². The van der Waals surface area contributed by atoms with Crippen LogP contribution in [0.25, 0.3) is 21.9 Å². The second-order valence-corrected chi connectivity index (χ2v) is 14.4. The maximum absolute atomic E-state index is 14.1. The number of hydrogen-bond acceptors (Lipinski definition) is 6. The molecule has 3 fully saturated rings. The van der Waals surface area contributed by atoms with Gasteiger partial charge in [-0.05, 0) is 75.4 Å². The first kappa shape index (κ1) is 35.1. The molecule has 2 aromatic heterocycles. The smallest absolute Gasteiger partial charge is 0.397 e. The number of halogens is 4. The van der Waals surface area contributed by atoms with Crippen LogP contribution in [0.3, 0.4) is 0 Å². The third kappa shape index (κ3) is 7.25. The molecule has 272 valence electrons. The fourth-order valence-corrected chi connectivity index (χ4v) is 8.31. The Morgan fingerprint density at radius 3 is 2.33 bits per heavy atom. The summed E-state index contributed by atoms with van der Waals surface area (Å²) >= 11 is 6.14. The molecule has 5 heterocycles. The number of fused-ring (bicyclic) bond motifs is 3. The highest BCUT2D eigenvalue weighted by Crippen LogP contribution is 2.38. The number of rotatable bonds is 6. The number of para-hydroxylation sites is 1. The summed E-state index contributed by atoms with van der Waals surface area (Å²) in [6, 6.07) is 8.37. The van der Waals surface area contributed by atoms with Gasteiger partial charge in [0.05, 0.1) is 39.0 Å². The molecule has 11 nitrogen and oxygen atoms in total. The zero-order valence-electron chi connectivity index (χ0n) is 28.2. The predicted octanol–water partition coefficient (Wildman–Crippen LogP) is 5.57. The van der Waals surface area contributed by atoms with Crippen molar-refractivity contribution in [2.24, 2.45) is 0 Å². The largest absolute Gasteiger partial charge is 0.418 e. The van der Waals surface area contributed by atoms with E-state index in [1.54, 1.807) is 20.6 Å². The average Bonchev–Trinajstić information content (AvgIpc) is 3.48. The molecule has 0 unspecified atom stereocenters. The van der Waals surface area contributed by atoms with Crippen LogP contribution in [-0.4, -0.2) is 92.5 Å². The van der Waals surface area contributed by atoms with E-state index >= 15 is 0 Å². The molecule has 3 aliphatic rings. The molecule has 15 heteroatoms. The van der Waals surface area contributed by atoms with Crippen molar-refractivity contribution in [3.8, 4) is 0 Å². The van der Waals surface area contributed by atoms with Crippen molar-refractivity contribution in [1.29, 1.82) is 0 Å². The number of H-pyrrole nitrogens is 1. The summed E-state index contributed by atoms with van der Waals surface area (Å²) in [5, 5.41) is 3.43. The van der Waals surface area contributed by atoms with Crippen LogP contribution in [0.1, 0.15) is 62.1 Å². The van der Waals surface area contributed by atoms with Crippen molar-refractivity contribution >= 4 is 51.2 Å². The number of imidazole rings is 1. The van der Waals surface area contributed by atoms with Crippen molar-refractivity contribution < 1.29 is 22.8 Å². The van der Waals surface area contributed by atoms with Crippen LogP contribution in [0, 0.1) is 0 Å². The number of nitrogens with zero attached hydrogens (tertiary/aromatic N) is 5. The Hall–Kier alpha value is -4.30. The molecule has 2 aromatic carbocycles. The minimum absolute atomic E-state index is 0.141. The summed E-state index contributed by atoms with van der Waals surface area (Å²) in [6.45, 7) is 3.72. The lowest BCUT2D eigenvalue weighted by atomic mass is 9.97. The number of alkyl halides is 3. The monoisotopic (exact) mass is 726 g/mol. The molecule has 4 N–H and O–H groups in total. The molecule has 0 bridgehead atoms. The molecular weight excluding hydrogens is 685 g/mol. The number of pyridine rings is 1. The molecule has 3 saturated heterocycles. The van der Waals surface area contributed by atoms with Gasteiger partial charge in [-0.15, -0.1) is 0 Å². The third-order valence-electron chi connectivity index (χ3n) is 10.8. The molecule has 51 heavy (non-hydrogen) atoms. The normalized spacial score (nSPS) is 19.1. The van der Waals surface area contributed by atoms with Gasteiger partial charge in [0.2, 0.25) is 5.91 Å². The highest BCUT2D eigenvalue weighted by molar-refractivity contribution is 6.33. The van der Waals surface area contributed by atoms with Crippen molar-refractivity contribution in [1.82, 2.24) is 34.6 Å². The maximum atomic E-state index is 14.1. The first-order valence-electron chi connectivity index (χ1n) is 17.7. The zero-order chi connectivity index (χ0) is 35.9. The number of amides is 3. The highest BCUT2D eigenvalue weighted by atomic mass is 35.5. The van der Waals surface area contributed by atoms with Gasteiger partial charge in [-0.1, -0.05) is 36.2 Å². The van der Waals surface area contributed by atoms with Gasteiger partial charge in [0.1, 0.15) is 6.04 Å². The average molecular weight is 727 g/mol. The van der Waals surface area contributed by atoms with Crippen molar-refractivity contribution in [2.75, 3.05) is 45.0 Å². The molecule has 3 amide bonds. The molecule has 7 rings (SSSR count). The summed E-state index contributed by atoms with van der Waals surface area (Å²) in [7, 11) is 0. The van der Waals surface area contributed by atoms with E-state index in [0.717, 1.165) is 42.9 Å². The number of nitrogens with two attached hydrogens (primary N) is 1. The van der Waals surface area contributed by atoms with Gasteiger partial charge in [0.15, 0.2) is 0 Å². The fraction of sp³-hybridized carbons (Fsp3) is 0.500. The van der Waals surface area contributed by atoms with E-state index in [4.69, 9.17) is 17.3 Å². The number of nitrogen functional groups attached to an aromatic ring is 1. The van der Waals surface area contributed by atoms with Crippen LogP contribution >= 0.6 is 11.6 Å². The number of aromatic amines is 1. The lowest BCUT2D eigenvalue weighted by Crippen LogP contribution is -2.56. The zero-order valence-corrected chi connectivity index (χ0v) is 29.0. The van der Waals surface area contributed by atoms with Crippen molar-refractivity contribution in [2.45, 2.75) is 75.7 Å². The number of hydrogen-bond donors (Lipinski definition) is 3. The quantitative estimate of drug-likeness (QED) is 0.223. The van der Waals surface area contributed by atoms with Gasteiger partial charge >= 0.3 is 17.9 Å². The minimum atomic E-state index is -4.75. The lowest BCUT2D eigenvalue weighted by Gasteiger charge is -2.41. The molecule has 3 aliphatic heterocycles. The van der Waals surface area contributed by atoms with Crippen LogP contribution in [-0.2, 0) is 17.4 Å². The number of anilines is 1. The Bertz CT molecular complexity index is 1980. The van der Waals surface area contributed by atoms with E-state index in [9.17, 15) is 27.6 Å². The van der Waals surface area contributed by atoms with Gasteiger partial charge in [-0.25, -0.2) is 9.59 Å². The maximum Gasteiger partial charge on any atom is 0.418 e. The SMILES string of the molecule is Nc1c(Cl)cc(C[C@@H](NC(=O)N2CCC(n3c(=O)[nH]c4c5ccccc5ncc43)CC2)C(=O)N2CCC(N3CCCCC3)CC2)cc1C(F)(F)F. The van der Waals surface area contributed by atoms with E-state index in [2.05, 4.69) is 20.2 Å². The van der Waals surface area contributed by atoms with Crippen molar-refractivity contribution in [3.63, 3.8) is 0 Å². The Kier molecular flexibility index (Phi) is 9.90. The Morgan fingerprint density at radius 2 is 1.63 bits per heavy atom. The van der Waals surface area contributed by atoms with E-state index in [1.807, 2.05) is 24.3 Å². The second kappa shape index (κ2) is 14.4. The van der Waals surface area contributed by atoms with Crippen LogP contribution < -0.4 is 16.7 Å². The predicted molar refractivity (Wildman–Crippen MR) is 190 cm³/mol. The third-order valence-corrected chi connectivity index (χ3v) is 11.1. The summed E-state index contributed by atoms with van der Waals surface area (Å²) in [6.07, 6.45) is 2.88. The second-order valence-electron chi connectivity index (χ2n) is 13.9. The summed E-state index contributed by atoms with van der Waals surface area (Å²) in [5.41, 5.74) is 6.08. The number of benzene rings is 2. The summed E-state index contributed by atoms with van der Waals surface area (Å²) < 4.78 is 43.2. The Labute approximate surface area is 297 Å². The Morgan fingerprint density at radius 1 is 0.961 bits per heavy atom. The van der Waals surface area contributed by atoms with E-state index in [0.29, 0.717) is 56.1 Å². The molecular formula is C36H42ClF3N8O3. The number of nitrogens with one attached hydrogen (secondary N) is 2. The molecule has 0 aliphatic carbocycles. The van der Waals surface area contributed by atoms with Gasteiger partial charge in [0, 0.05) is 50.1 Å². The fourth-order valence-electron chi connectivity index (χ4n) is 8.07. The number of carbonyl (C=O) groups is 2. The van der Waals surface area contributed by atoms with Crippen LogP contribution in [0.15, 0.2) is 47.4 Å². The summed E-state index contributed by atoms with van der Waals surface area (Å²) in [4.78, 5) is 54.2. The van der Waals surface area contributed by atoms with E-state index in [-0.39, 0.29) is 34.6 Å². The van der Waals surface area contributed by atoms with E-state index in [1.165, 1.54) is 25.3 Å². The number of piperidine rings is 3. The number of urea groups is 1. The summed E-state index contributed by atoms with van der Waals surface area (Å²) in [5.74, 6) is -0.345. The molecule has 0 spiro atoms. The molecule has 0 radical (unpaired) electrons. The minimum Gasteiger partial charge on any atom is -0.397 e. The first-order chi connectivity index (χ1) is 24.5. The van der Waals surface area contributed by atoms with Gasteiger partial charge in [-0.3, -0.25) is 14.3 Å². The van der Waals surface area contributed by atoms with Crippen LogP contribution in [0.2, 0.25) is 5.02 Å². The first-order valence-corrected chi connectivity index (χ1v) is 18.1. The number of likely N-dealkylation sites (tertiary alicyclic amines) is 3.